The number of para-hydroxylation sites is 1. The largest absolute Gasteiger partial charge is 0.339 e. The molecule has 4 heteroatoms. The Balaban J connectivity index is 2.13. The van der Waals surface area contributed by atoms with Crippen LogP contribution in [0.15, 0.2) is 46.9 Å². The number of amides is 1. The summed E-state index contributed by atoms with van der Waals surface area (Å²) in [7, 11) is 0. The molecule has 0 bridgehead atoms. The summed E-state index contributed by atoms with van der Waals surface area (Å²) in [4.78, 5) is 14.1. The normalized spacial score (nSPS) is 14.5. The minimum absolute atomic E-state index is 0.0560. The van der Waals surface area contributed by atoms with E-state index in [-0.39, 0.29) is 5.91 Å². The van der Waals surface area contributed by atoms with E-state index in [1.807, 2.05) is 30.3 Å². The molecule has 20 heavy (non-hydrogen) atoms. The van der Waals surface area contributed by atoms with Crippen molar-refractivity contribution in [3.05, 3.63) is 52.5 Å². The highest BCUT2D eigenvalue weighted by Gasteiger charge is 2.21. The summed E-state index contributed by atoms with van der Waals surface area (Å²) < 4.78 is 0.961. The summed E-state index contributed by atoms with van der Waals surface area (Å²) in [6.07, 6.45) is 0.487. The topological polar surface area (TPSA) is 32.3 Å². The van der Waals surface area contributed by atoms with Crippen LogP contribution in [0, 0.1) is 6.92 Å². The van der Waals surface area contributed by atoms with Crippen LogP contribution in [0.4, 0.5) is 17.1 Å². The zero-order chi connectivity index (χ0) is 14.1. The van der Waals surface area contributed by atoms with Gasteiger partial charge in [-0.2, -0.15) is 0 Å². The molecule has 1 N–H and O–H groups in total. The van der Waals surface area contributed by atoms with Gasteiger partial charge in [-0.15, -0.1) is 0 Å². The van der Waals surface area contributed by atoms with E-state index in [9.17, 15) is 4.79 Å². The molecule has 102 valence electrons. The second-order valence-electron chi connectivity index (χ2n) is 4.90. The molecule has 0 radical (unpaired) electrons. The van der Waals surface area contributed by atoms with Crippen molar-refractivity contribution < 1.29 is 4.79 Å². The monoisotopic (exact) mass is 330 g/mol. The lowest BCUT2D eigenvalue weighted by Crippen LogP contribution is -2.19. The Bertz CT molecular complexity index is 669. The second-order valence-corrected chi connectivity index (χ2v) is 5.81. The van der Waals surface area contributed by atoms with Gasteiger partial charge in [0.2, 0.25) is 5.91 Å². The number of nitrogens with one attached hydrogen (secondary N) is 1. The summed E-state index contributed by atoms with van der Waals surface area (Å²) >= 11 is 3.46. The van der Waals surface area contributed by atoms with Gasteiger partial charge in [0.15, 0.2) is 0 Å². The number of carbonyl (C=O) groups is 1. The lowest BCUT2D eigenvalue weighted by molar-refractivity contribution is -0.115. The van der Waals surface area contributed by atoms with Crippen molar-refractivity contribution in [2.24, 2.45) is 0 Å². The second kappa shape index (κ2) is 5.29. The van der Waals surface area contributed by atoms with Gasteiger partial charge in [-0.3, -0.25) is 4.79 Å². The maximum absolute atomic E-state index is 11.9. The Labute approximate surface area is 126 Å². The third-order valence-electron chi connectivity index (χ3n) is 3.49. The quantitative estimate of drug-likeness (QED) is 0.848. The Hall–Kier alpha value is -1.81. The predicted octanol–water partition coefficient (Wildman–Crippen LogP) is 4.24. The van der Waals surface area contributed by atoms with Crippen LogP contribution in [0.1, 0.15) is 12.0 Å². The third-order valence-corrected chi connectivity index (χ3v) is 3.99. The first-order valence-electron chi connectivity index (χ1n) is 6.58. The lowest BCUT2D eigenvalue weighted by Gasteiger charge is -2.26. The summed E-state index contributed by atoms with van der Waals surface area (Å²) in [5.74, 6) is 0.0560. The number of halogens is 1. The Kier molecular flexibility index (Phi) is 3.49. The van der Waals surface area contributed by atoms with Crippen LogP contribution in [0.5, 0.6) is 0 Å². The van der Waals surface area contributed by atoms with Crippen LogP contribution in [0.3, 0.4) is 0 Å². The van der Waals surface area contributed by atoms with E-state index in [0.717, 1.165) is 21.5 Å². The summed E-state index contributed by atoms with van der Waals surface area (Å²) in [6.45, 7) is 2.78. The highest BCUT2D eigenvalue weighted by Crippen LogP contribution is 2.37. The molecule has 0 fully saturated rings. The SMILES string of the molecule is Cc1ccccc1N1CCC(=O)Nc2cc(Br)ccc21. The molecule has 1 aliphatic heterocycles. The van der Waals surface area contributed by atoms with Gasteiger partial charge in [0.1, 0.15) is 0 Å². The number of hydrogen-bond donors (Lipinski definition) is 1. The van der Waals surface area contributed by atoms with Crippen LogP contribution < -0.4 is 10.2 Å². The molecule has 1 aliphatic rings. The highest BCUT2D eigenvalue weighted by molar-refractivity contribution is 9.10. The van der Waals surface area contributed by atoms with Crippen molar-refractivity contribution in [3.63, 3.8) is 0 Å². The molecule has 0 aromatic heterocycles. The zero-order valence-corrected chi connectivity index (χ0v) is 12.8. The molecule has 0 saturated carbocycles. The Morgan fingerprint density at radius 2 is 1.95 bits per heavy atom. The molecule has 0 spiro atoms. The predicted molar refractivity (Wildman–Crippen MR) is 85.6 cm³/mol. The van der Waals surface area contributed by atoms with Crippen LogP contribution in [-0.2, 0) is 4.79 Å². The number of fused-ring (bicyclic) bond motifs is 1. The minimum atomic E-state index is 0.0560. The van der Waals surface area contributed by atoms with Crippen molar-refractivity contribution in [1.29, 1.82) is 0 Å². The fourth-order valence-electron chi connectivity index (χ4n) is 2.51. The van der Waals surface area contributed by atoms with E-state index in [2.05, 4.69) is 45.2 Å². The smallest absolute Gasteiger partial charge is 0.226 e. The number of hydrogen-bond acceptors (Lipinski definition) is 2. The molecule has 1 amide bonds. The van der Waals surface area contributed by atoms with E-state index in [1.165, 1.54) is 5.56 Å². The van der Waals surface area contributed by atoms with Gasteiger partial charge < -0.3 is 10.2 Å². The summed E-state index contributed by atoms with van der Waals surface area (Å²) in [5.41, 5.74) is 4.24. The van der Waals surface area contributed by atoms with Crippen LogP contribution in [0.2, 0.25) is 0 Å². The molecular weight excluding hydrogens is 316 g/mol. The van der Waals surface area contributed by atoms with E-state index < -0.39 is 0 Å². The number of benzene rings is 2. The van der Waals surface area contributed by atoms with Crippen molar-refractivity contribution in [2.45, 2.75) is 13.3 Å². The number of anilines is 3. The fraction of sp³-hybridized carbons (Fsp3) is 0.188. The number of rotatable bonds is 1. The van der Waals surface area contributed by atoms with Gasteiger partial charge in [-0.1, -0.05) is 34.1 Å². The van der Waals surface area contributed by atoms with Gasteiger partial charge in [0.25, 0.3) is 0 Å². The maximum Gasteiger partial charge on any atom is 0.226 e. The molecule has 0 aliphatic carbocycles. The van der Waals surface area contributed by atoms with Gasteiger partial charge >= 0.3 is 0 Å². The standard InChI is InChI=1S/C16H15BrN2O/c1-11-4-2-3-5-14(11)19-9-8-16(20)18-13-10-12(17)6-7-15(13)19/h2-7,10H,8-9H2,1H3,(H,18,20). The van der Waals surface area contributed by atoms with Gasteiger partial charge in [-0.25, -0.2) is 0 Å². The number of nitrogens with zero attached hydrogens (tertiary/aromatic N) is 1. The van der Waals surface area contributed by atoms with Crippen molar-refractivity contribution in [2.75, 3.05) is 16.8 Å². The van der Waals surface area contributed by atoms with E-state index in [1.54, 1.807) is 0 Å². The number of carbonyl (C=O) groups excluding carboxylic acids is 1. The van der Waals surface area contributed by atoms with Crippen LogP contribution in [-0.4, -0.2) is 12.5 Å². The molecule has 0 unspecified atom stereocenters. The van der Waals surface area contributed by atoms with Gasteiger partial charge in [-0.05, 0) is 36.8 Å². The number of aryl methyl sites for hydroxylation is 1. The molecule has 2 aromatic carbocycles. The van der Waals surface area contributed by atoms with Gasteiger partial charge in [0, 0.05) is 23.1 Å². The summed E-state index contributed by atoms with van der Waals surface area (Å²) in [5, 5.41) is 2.97. The molecule has 3 nitrogen and oxygen atoms in total. The molecule has 2 aromatic rings. The molecule has 0 atom stereocenters. The maximum atomic E-state index is 11.9. The highest BCUT2D eigenvalue weighted by atomic mass is 79.9. The summed E-state index contributed by atoms with van der Waals surface area (Å²) in [6, 6.07) is 14.2. The van der Waals surface area contributed by atoms with E-state index in [4.69, 9.17) is 0 Å². The first-order valence-corrected chi connectivity index (χ1v) is 7.37. The molecular formula is C16H15BrN2O. The van der Waals surface area contributed by atoms with E-state index in [0.29, 0.717) is 13.0 Å². The third kappa shape index (κ3) is 2.43. The molecule has 0 saturated heterocycles. The van der Waals surface area contributed by atoms with Crippen LogP contribution >= 0.6 is 15.9 Å². The van der Waals surface area contributed by atoms with Crippen molar-refractivity contribution in [3.8, 4) is 0 Å². The first-order chi connectivity index (χ1) is 9.65. The average Bonchev–Trinajstić information content (AvgIpc) is 2.57. The first kappa shape index (κ1) is 13.2. The molecule has 3 rings (SSSR count). The fourth-order valence-corrected chi connectivity index (χ4v) is 2.87. The molecule has 1 heterocycles. The van der Waals surface area contributed by atoms with Crippen molar-refractivity contribution >= 4 is 38.9 Å². The van der Waals surface area contributed by atoms with E-state index >= 15 is 0 Å². The lowest BCUT2D eigenvalue weighted by atomic mass is 10.1. The van der Waals surface area contributed by atoms with Crippen LogP contribution in [0.25, 0.3) is 0 Å². The Morgan fingerprint density at radius 3 is 2.75 bits per heavy atom. The average molecular weight is 331 g/mol. The minimum Gasteiger partial charge on any atom is -0.339 e. The zero-order valence-electron chi connectivity index (χ0n) is 11.2. The van der Waals surface area contributed by atoms with Gasteiger partial charge in [0.05, 0.1) is 11.4 Å². The Morgan fingerprint density at radius 1 is 1.15 bits per heavy atom. The van der Waals surface area contributed by atoms with Crippen molar-refractivity contribution in [1.82, 2.24) is 0 Å².